The van der Waals surface area contributed by atoms with Crippen LogP contribution in [-0.2, 0) is 14.8 Å². The standard InChI is InChI=1S/C27H20ClFN2O5S/c28-19-6-15-25(24(16-19)27(33)18-4-2-1-3-5-18)30-26(32)17-36-22-11-13-23(14-12-22)37(34,35)31-21-9-7-20(29)8-10-21/h1-16,31H,17H2,(H,30,32). The fourth-order valence-corrected chi connectivity index (χ4v) is 4.57. The van der Waals surface area contributed by atoms with Crippen LogP contribution in [0.25, 0.3) is 0 Å². The summed E-state index contributed by atoms with van der Waals surface area (Å²) in [5, 5.41) is 2.99. The van der Waals surface area contributed by atoms with E-state index in [1.54, 1.807) is 36.4 Å². The number of anilines is 2. The quantitative estimate of drug-likeness (QED) is 0.273. The lowest BCUT2D eigenvalue weighted by molar-refractivity contribution is -0.118. The highest BCUT2D eigenvalue weighted by atomic mass is 35.5. The third kappa shape index (κ3) is 6.72. The van der Waals surface area contributed by atoms with Crippen LogP contribution in [0.5, 0.6) is 5.75 Å². The van der Waals surface area contributed by atoms with Crippen LogP contribution >= 0.6 is 11.6 Å². The Kier molecular flexibility index (Phi) is 7.86. The normalized spacial score (nSPS) is 11.0. The first-order chi connectivity index (χ1) is 17.7. The SMILES string of the molecule is O=C(COc1ccc(S(=O)(=O)Nc2ccc(F)cc2)cc1)Nc1ccc(Cl)cc1C(=O)c1ccccc1. The summed E-state index contributed by atoms with van der Waals surface area (Å²) >= 11 is 6.07. The van der Waals surface area contributed by atoms with Crippen LogP contribution in [0.1, 0.15) is 15.9 Å². The summed E-state index contributed by atoms with van der Waals surface area (Å²) in [5.74, 6) is -1.05. The number of halogens is 2. The number of rotatable bonds is 9. The zero-order valence-corrected chi connectivity index (χ0v) is 20.7. The summed E-state index contributed by atoms with van der Waals surface area (Å²) in [6, 6.07) is 23.5. The number of hydrogen-bond donors (Lipinski definition) is 2. The van der Waals surface area contributed by atoms with Crippen LogP contribution in [0.2, 0.25) is 5.02 Å². The van der Waals surface area contributed by atoms with Gasteiger partial charge in [0.05, 0.1) is 10.6 Å². The number of sulfonamides is 1. The Morgan fingerprint density at radius 1 is 0.865 bits per heavy atom. The van der Waals surface area contributed by atoms with Crippen LogP contribution in [0.4, 0.5) is 15.8 Å². The highest BCUT2D eigenvalue weighted by Crippen LogP contribution is 2.24. The van der Waals surface area contributed by atoms with Crippen LogP contribution in [0, 0.1) is 5.82 Å². The Labute approximate surface area is 217 Å². The van der Waals surface area contributed by atoms with E-state index in [0.29, 0.717) is 10.6 Å². The van der Waals surface area contributed by atoms with Crippen molar-refractivity contribution in [1.82, 2.24) is 0 Å². The van der Waals surface area contributed by atoms with Gasteiger partial charge in [-0.25, -0.2) is 12.8 Å². The monoisotopic (exact) mass is 538 g/mol. The highest BCUT2D eigenvalue weighted by Gasteiger charge is 2.17. The van der Waals surface area contributed by atoms with Gasteiger partial charge < -0.3 is 10.1 Å². The average Bonchev–Trinajstić information content (AvgIpc) is 2.90. The molecule has 0 aliphatic carbocycles. The Morgan fingerprint density at radius 2 is 1.54 bits per heavy atom. The van der Waals surface area contributed by atoms with E-state index in [1.165, 1.54) is 48.5 Å². The number of ketones is 1. The lowest BCUT2D eigenvalue weighted by Gasteiger charge is -2.12. The lowest BCUT2D eigenvalue weighted by Crippen LogP contribution is -2.21. The maximum atomic E-state index is 13.0. The van der Waals surface area contributed by atoms with E-state index in [4.69, 9.17) is 16.3 Å². The predicted molar refractivity (Wildman–Crippen MR) is 139 cm³/mol. The van der Waals surface area contributed by atoms with E-state index in [0.717, 1.165) is 12.1 Å². The fourth-order valence-electron chi connectivity index (χ4n) is 3.34. The van der Waals surface area contributed by atoms with Gasteiger partial charge in [-0.2, -0.15) is 0 Å². The first-order valence-electron chi connectivity index (χ1n) is 10.9. The van der Waals surface area contributed by atoms with Crippen molar-refractivity contribution < 1.29 is 27.1 Å². The van der Waals surface area contributed by atoms with Gasteiger partial charge in [-0.05, 0) is 66.7 Å². The smallest absolute Gasteiger partial charge is 0.262 e. The molecule has 0 aliphatic heterocycles. The van der Waals surface area contributed by atoms with Gasteiger partial charge >= 0.3 is 0 Å². The third-order valence-electron chi connectivity index (χ3n) is 5.14. The Morgan fingerprint density at radius 3 is 2.22 bits per heavy atom. The van der Waals surface area contributed by atoms with Crippen molar-refractivity contribution in [2.45, 2.75) is 4.90 Å². The Hall–Kier alpha value is -4.21. The molecule has 4 aromatic rings. The summed E-state index contributed by atoms with van der Waals surface area (Å²) in [6.45, 7) is -0.387. The van der Waals surface area contributed by atoms with Crippen LogP contribution in [0.3, 0.4) is 0 Å². The minimum atomic E-state index is -3.90. The minimum absolute atomic E-state index is 0.0427. The predicted octanol–water partition coefficient (Wildman–Crippen LogP) is 5.53. The van der Waals surface area contributed by atoms with E-state index in [9.17, 15) is 22.4 Å². The summed E-state index contributed by atoms with van der Waals surface area (Å²) in [4.78, 5) is 25.4. The van der Waals surface area contributed by atoms with Crippen molar-refractivity contribution >= 4 is 44.7 Å². The van der Waals surface area contributed by atoms with E-state index >= 15 is 0 Å². The summed E-state index contributed by atoms with van der Waals surface area (Å²) in [5.41, 5.74) is 1.17. The van der Waals surface area contributed by atoms with Gasteiger partial charge in [0.2, 0.25) is 0 Å². The van der Waals surface area contributed by atoms with Crippen molar-refractivity contribution in [3.8, 4) is 5.75 Å². The number of amides is 1. The largest absolute Gasteiger partial charge is 0.484 e. The number of nitrogens with one attached hydrogen (secondary N) is 2. The van der Waals surface area contributed by atoms with Crippen molar-refractivity contribution in [3.05, 3.63) is 119 Å². The third-order valence-corrected chi connectivity index (χ3v) is 6.77. The van der Waals surface area contributed by atoms with Crippen LogP contribution < -0.4 is 14.8 Å². The number of benzene rings is 4. The van der Waals surface area contributed by atoms with Gasteiger partial charge in [0.1, 0.15) is 11.6 Å². The summed E-state index contributed by atoms with van der Waals surface area (Å²) in [6.07, 6.45) is 0. The van der Waals surface area contributed by atoms with E-state index in [-0.39, 0.29) is 40.0 Å². The maximum Gasteiger partial charge on any atom is 0.262 e. The molecule has 0 aliphatic rings. The summed E-state index contributed by atoms with van der Waals surface area (Å²) in [7, 11) is -3.90. The number of ether oxygens (including phenoxy) is 1. The first kappa shape index (κ1) is 25.9. The molecular weight excluding hydrogens is 519 g/mol. The molecular formula is C27H20ClFN2O5S. The fraction of sp³-hybridized carbons (Fsp3) is 0.0370. The second kappa shape index (κ2) is 11.2. The molecule has 2 N–H and O–H groups in total. The second-order valence-corrected chi connectivity index (χ2v) is 9.92. The molecule has 37 heavy (non-hydrogen) atoms. The molecule has 4 rings (SSSR count). The number of carbonyl (C=O) groups is 2. The Bertz CT molecular complexity index is 1530. The average molecular weight is 539 g/mol. The van der Waals surface area contributed by atoms with Gasteiger partial charge in [-0.15, -0.1) is 0 Å². The highest BCUT2D eigenvalue weighted by molar-refractivity contribution is 7.92. The van der Waals surface area contributed by atoms with Crippen LogP contribution in [-0.4, -0.2) is 26.7 Å². The van der Waals surface area contributed by atoms with Gasteiger partial charge in [-0.3, -0.25) is 14.3 Å². The molecule has 0 radical (unpaired) electrons. The molecule has 0 saturated carbocycles. The molecule has 0 spiro atoms. The van der Waals surface area contributed by atoms with E-state index in [1.807, 2.05) is 0 Å². The van der Waals surface area contributed by atoms with Gasteiger partial charge in [0, 0.05) is 21.8 Å². The maximum absolute atomic E-state index is 13.0. The Balaban J connectivity index is 1.39. The zero-order chi connectivity index (χ0) is 26.4. The molecule has 10 heteroatoms. The topological polar surface area (TPSA) is 102 Å². The van der Waals surface area contributed by atoms with Gasteiger partial charge in [0.25, 0.3) is 15.9 Å². The molecule has 0 fully saturated rings. The number of hydrogen-bond acceptors (Lipinski definition) is 5. The van der Waals surface area contributed by atoms with E-state index < -0.39 is 21.7 Å². The summed E-state index contributed by atoms with van der Waals surface area (Å²) < 4.78 is 45.9. The van der Waals surface area contributed by atoms with Gasteiger partial charge in [0.15, 0.2) is 12.4 Å². The molecule has 4 aromatic carbocycles. The van der Waals surface area contributed by atoms with Gasteiger partial charge in [-0.1, -0.05) is 41.9 Å². The van der Waals surface area contributed by atoms with E-state index in [2.05, 4.69) is 10.0 Å². The number of carbonyl (C=O) groups excluding carboxylic acids is 2. The second-order valence-electron chi connectivity index (χ2n) is 7.81. The minimum Gasteiger partial charge on any atom is -0.484 e. The van der Waals surface area contributed by atoms with Crippen molar-refractivity contribution in [2.24, 2.45) is 0 Å². The molecule has 0 bridgehead atoms. The molecule has 1 amide bonds. The van der Waals surface area contributed by atoms with Crippen LogP contribution in [0.15, 0.2) is 102 Å². The molecule has 0 heterocycles. The first-order valence-corrected chi connectivity index (χ1v) is 12.8. The molecule has 188 valence electrons. The van der Waals surface area contributed by atoms with Crippen molar-refractivity contribution in [3.63, 3.8) is 0 Å². The molecule has 0 aromatic heterocycles. The molecule has 0 unspecified atom stereocenters. The lowest BCUT2D eigenvalue weighted by atomic mass is 10.0. The van der Waals surface area contributed by atoms with Crippen molar-refractivity contribution in [2.75, 3.05) is 16.6 Å². The molecule has 7 nitrogen and oxygen atoms in total. The molecule has 0 saturated heterocycles. The van der Waals surface area contributed by atoms with Crippen molar-refractivity contribution in [1.29, 1.82) is 0 Å². The zero-order valence-electron chi connectivity index (χ0n) is 19.2. The molecule has 0 atom stereocenters.